The van der Waals surface area contributed by atoms with Crippen LogP contribution in [0.3, 0.4) is 0 Å². The summed E-state index contributed by atoms with van der Waals surface area (Å²) in [5, 5.41) is 8.56. The predicted molar refractivity (Wildman–Crippen MR) is 64.1 cm³/mol. The summed E-state index contributed by atoms with van der Waals surface area (Å²) in [6.07, 6.45) is 1.27. The number of carboxylic acid groups (broad SMARTS) is 1. The summed E-state index contributed by atoms with van der Waals surface area (Å²) in [6, 6.07) is 4.03. The van der Waals surface area contributed by atoms with Gasteiger partial charge in [-0.15, -0.1) is 0 Å². The zero-order valence-corrected chi connectivity index (χ0v) is 9.99. The Kier molecular flexibility index (Phi) is 3.13. The van der Waals surface area contributed by atoms with E-state index in [1.54, 1.807) is 0 Å². The molecule has 17 heavy (non-hydrogen) atoms. The van der Waals surface area contributed by atoms with Crippen molar-refractivity contribution in [3.05, 3.63) is 29.2 Å². The first kappa shape index (κ1) is 11.6. The van der Waals surface area contributed by atoms with Crippen molar-refractivity contribution < 1.29 is 14.3 Å². The maximum absolute atomic E-state index is 10.4. The summed E-state index contributed by atoms with van der Waals surface area (Å²) < 4.78 is 5.63. The molecule has 1 aromatic heterocycles. The van der Waals surface area contributed by atoms with Crippen molar-refractivity contribution in [2.24, 2.45) is 0 Å². The van der Waals surface area contributed by atoms with Crippen LogP contribution in [0.15, 0.2) is 16.5 Å². The minimum Gasteiger partial charge on any atom is -0.481 e. The van der Waals surface area contributed by atoms with Crippen molar-refractivity contribution in [3.8, 4) is 0 Å². The standard InChI is InChI=1S/C13H15NO3/c1-8-6-9(2)13-10(7-8)14-11(17-13)4-3-5-12(15)16/h6-7H,3-5H2,1-2H3,(H,15,16). The molecule has 0 aliphatic rings. The average Bonchev–Trinajstić information content (AvgIpc) is 2.60. The van der Waals surface area contributed by atoms with Crippen LogP contribution in [0.5, 0.6) is 0 Å². The molecule has 1 aromatic carbocycles. The Morgan fingerprint density at radius 2 is 2.18 bits per heavy atom. The molecule has 0 amide bonds. The maximum atomic E-state index is 10.4. The number of fused-ring (bicyclic) bond motifs is 1. The number of benzene rings is 1. The van der Waals surface area contributed by atoms with E-state index in [1.807, 2.05) is 19.9 Å². The van der Waals surface area contributed by atoms with Gasteiger partial charge in [0.15, 0.2) is 11.5 Å². The van der Waals surface area contributed by atoms with Gasteiger partial charge in [0.2, 0.25) is 0 Å². The Hall–Kier alpha value is -1.84. The highest BCUT2D eigenvalue weighted by atomic mass is 16.4. The van der Waals surface area contributed by atoms with E-state index in [2.05, 4.69) is 11.1 Å². The lowest BCUT2D eigenvalue weighted by atomic mass is 10.1. The van der Waals surface area contributed by atoms with Gasteiger partial charge in [-0.05, 0) is 37.5 Å². The van der Waals surface area contributed by atoms with Gasteiger partial charge in [-0.3, -0.25) is 4.79 Å². The molecule has 0 aliphatic heterocycles. The maximum Gasteiger partial charge on any atom is 0.303 e. The number of aromatic nitrogens is 1. The highest BCUT2D eigenvalue weighted by Gasteiger charge is 2.09. The van der Waals surface area contributed by atoms with Crippen molar-refractivity contribution in [2.45, 2.75) is 33.1 Å². The van der Waals surface area contributed by atoms with Crippen LogP contribution in [0.1, 0.15) is 29.9 Å². The molecule has 0 unspecified atom stereocenters. The fraction of sp³-hybridized carbons (Fsp3) is 0.385. The van der Waals surface area contributed by atoms with Gasteiger partial charge < -0.3 is 9.52 Å². The Morgan fingerprint density at radius 1 is 1.41 bits per heavy atom. The second kappa shape index (κ2) is 4.57. The Bertz CT molecular complexity index is 557. The molecule has 0 bridgehead atoms. The summed E-state index contributed by atoms with van der Waals surface area (Å²) in [5.74, 6) is -0.164. The molecule has 0 fully saturated rings. The summed E-state index contributed by atoms with van der Waals surface area (Å²) in [4.78, 5) is 14.8. The zero-order chi connectivity index (χ0) is 12.4. The van der Waals surface area contributed by atoms with Crippen LogP contribution >= 0.6 is 0 Å². The Morgan fingerprint density at radius 3 is 2.88 bits per heavy atom. The van der Waals surface area contributed by atoms with Gasteiger partial charge in [0.1, 0.15) is 5.52 Å². The summed E-state index contributed by atoms with van der Waals surface area (Å²) >= 11 is 0. The third-order valence-corrected chi connectivity index (χ3v) is 2.65. The molecule has 2 aromatic rings. The minimum atomic E-state index is -0.784. The van der Waals surface area contributed by atoms with Gasteiger partial charge in [0, 0.05) is 12.8 Å². The Labute approximate surface area is 99.3 Å². The molecule has 4 heteroatoms. The van der Waals surface area contributed by atoms with Crippen LogP contribution in [0, 0.1) is 13.8 Å². The number of aliphatic carboxylic acids is 1. The van der Waals surface area contributed by atoms with Crippen LogP contribution in [-0.4, -0.2) is 16.1 Å². The highest BCUT2D eigenvalue weighted by molar-refractivity contribution is 5.77. The lowest BCUT2D eigenvalue weighted by Gasteiger charge is -1.95. The largest absolute Gasteiger partial charge is 0.481 e. The summed E-state index contributed by atoms with van der Waals surface area (Å²) in [5.41, 5.74) is 3.88. The summed E-state index contributed by atoms with van der Waals surface area (Å²) in [7, 11) is 0. The molecule has 4 nitrogen and oxygen atoms in total. The van der Waals surface area contributed by atoms with E-state index in [1.165, 1.54) is 0 Å². The van der Waals surface area contributed by atoms with E-state index in [0.717, 1.165) is 22.2 Å². The van der Waals surface area contributed by atoms with Gasteiger partial charge in [-0.25, -0.2) is 4.98 Å². The molecule has 90 valence electrons. The summed E-state index contributed by atoms with van der Waals surface area (Å²) in [6.45, 7) is 4.01. The van der Waals surface area contributed by atoms with Gasteiger partial charge in [-0.2, -0.15) is 0 Å². The first-order chi connectivity index (χ1) is 8.06. The number of hydrogen-bond acceptors (Lipinski definition) is 3. The number of oxazole rings is 1. The van der Waals surface area contributed by atoms with E-state index >= 15 is 0 Å². The van der Waals surface area contributed by atoms with Crippen LogP contribution in [0.25, 0.3) is 11.1 Å². The van der Waals surface area contributed by atoms with Gasteiger partial charge in [0.25, 0.3) is 0 Å². The van der Waals surface area contributed by atoms with Crippen molar-refractivity contribution >= 4 is 17.1 Å². The second-order valence-electron chi connectivity index (χ2n) is 4.28. The topological polar surface area (TPSA) is 63.3 Å². The molecule has 1 heterocycles. The third-order valence-electron chi connectivity index (χ3n) is 2.65. The lowest BCUT2D eigenvalue weighted by Crippen LogP contribution is -1.95. The molecule has 0 spiro atoms. The highest BCUT2D eigenvalue weighted by Crippen LogP contribution is 2.22. The van der Waals surface area contributed by atoms with Crippen LogP contribution in [-0.2, 0) is 11.2 Å². The van der Waals surface area contributed by atoms with Crippen molar-refractivity contribution in [1.82, 2.24) is 4.98 Å². The van der Waals surface area contributed by atoms with E-state index in [4.69, 9.17) is 9.52 Å². The predicted octanol–water partition coefficient (Wildman–Crippen LogP) is 2.85. The molecule has 0 aliphatic carbocycles. The number of aryl methyl sites for hydroxylation is 3. The van der Waals surface area contributed by atoms with E-state index in [-0.39, 0.29) is 6.42 Å². The van der Waals surface area contributed by atoms with E-state index < -0.39 is 5.97 Å². The molecule has 0 saturated carbocycles. The van der Waals surface area contributed by atoms with Gasteiger partial charge in [0.05, 0.1) is 0 Å². The smallest absolute Gasteiger partial charge is 0.303 e. The average molecular weight is 233 g/mol. The third kappa shape index (κ3) is 2.64. The molecule has 2 rings (SSSR count). The van der Waals surface area contributed by atoms with Crippen LogP contribution < -0.4 is 0 Å². The second-order valence-corrected chi connectivity index (χ2v) is 4.28. The normalized spacial score (nSPS) is 10.9. The molecular formula is C13H15NO3. The Balaban J connectivity index is 2.20. The first-order valence-electron chi connectivity index (χ1n) is 5.65. The van der Waals surface area contributed by atoms with E-state index in [0.29, 0.717) is 18.7 Å². The number of carbonyl (C=O) groups is 1. The van der Waals surface area contributed by atoms with Gasteiger partial charge >= 0.3 is 5.97 Å². The van der Waals surface area contributed by atoms with Crippen LogP contribution in [0.2, 0.25) is 0 Å². The molecule has 0 saturated heterocycles. The number of rotatable bonds is 4. The fourth-order valence-corrected chi connectivity index (χ4v) is 1.92. The zero-order valence-electron chi connectivity index (χ0n) is 9.99. The van der Waals surface area contributed by atoms with Crippen molar-refractivity contribution in [1.29, 1.82) is 0 Å². The number of hydrogen-bond donors (Lipinski definition) is 1. The van der Waals surface area contributed by atoms with E-state index in [9.17, 15) is 4.79 Å². The number of carboxylic acids is 1. The molecular weight excluding hydrogens is 218 g/mol. The van der Waals surface area contributed by atoms with Crippen molar-refractivity contribution in [3.63, 3.8) is 0 Å². The minimum absolute atomic E-state index is 0.150. The monoisotopic (exact) mass is 233 g/mol. The van der Waals surface area contributed by atoms with Gasteiger partial charge in [-0.1, -0.05) is 6.07 Å². The quantitative estimate of drug-likeness (QED) is 0.881. The first-order valence-corrected chi connectivity index (χ1v) is 5.65. The lowest BCUT2D eigenvalue weighted by molar-refractivity contribution is -0.137. The molecule has 0 radical (unpaired) electrons. The molecule has 0 atom stereocenters. The number of nitrogens with zero attached hydrogens (tertiary/aromatic N) is 1. The van der Waals surface area contributed by atoms with Crippen molar-refractivity contribution in [2.75, 3.05) is 0 Å². The SMILES string of the molecule is Cc1cc(C)c2oc(CCCC(=O)O)nc2c1. The molecule has 1 N–H and O–H groups in total. The van der Waals surface area contributed by atoms with Crippen LogP contribution in [0.4, 0.5) is 0 Å². The fourth-order valence-electron chi connectivity index (χ4n) is 1.92.